The lowest BCUT2D eigenvalue weighted by molar-refractivity contribution is 0.135. The summed E-state index contributed by atoms with van der Waals surface area (Å²) in [6.45, 7) is 2.53. The van der Waals surface area contributed by atoms with Gasteiger partial charge in [-0.1, -0.05) is 41.9 Å². The van der Waals surface area contributed by atoms with E-state index in [-0.39, 0.29) is 6.04 Å². The predicted octanol–water partition coefficient (Wildman–Crippen LogP) is 3.56. The minimum atomic E-state index is -0.559. The first-order chi connectivity index (χ1) is 10.1. The van der Waals surface area contributed by atoms with Crippen molar-refractivity contribution < 1.29 is 9.84 Å². The standard InChI is InChI=1S/C17H20ClNO2/c1-12(17(20)13-6-4-3-5-7-13)19-11-14-10-15(18)8-9-16(14)21-2/h3-10,12,17,19-20H,11H2,1-2H3/t12-,17-/m1/s1. The summed E-state index contributed by atoms with van der Waals surface area (Å²) in [7, 11) is 1.63. The van der Waals surface area contributed by atoms with Crippen LogP contribution in [0.3, 0.4) is 0 Å². The molecule has 0 heterocycles. The third kappa shape index (κ3) is 4.21. The fraction of sp³-hybridized carbons (Fsp3) is 0.294. The van der Waals surface area contributed by atoms with Crippen molar-refractivity contribution >= 4 is 11.6 Å². The van der Waals surface area contributed by atoms with Crippen molar-refractivity contribution in [2.24, 2.45) is 0 Å². The largest absolute Gasteiger partial charge is 0.496 e. The lowest BCUT2D eigenvalue weighted by Crippen LogP contribution is -2.31. The van der Waals surface area contributed by atoms with Gasteiger partial charge in [-0.15, -0.1) is 0 Å². The molecule has 2 aromatic rings. The molecular weight excluding hydrogens is 286 g/mol. The first kappa shape index (κ1) is 15.8. The second kappa shape index (κ2) is 7.46. The highest BCUT2D eigenvalue weighted by Crippen LogP contribution is 2.23. The molecule has 4 heteroatoms. The van der Waals surface area contributed by atoms with Gasteiger partial charge in [0.15, 0.2) is 0 Å². The Balaban J connectivity index is 2.01. The predicted molar refractivity (Wildman–Crippen MR) is 85.7 cm³/mol. The van der Waals surface area contributed by atoms with Crippen LogP contribution >= 0.6 is 11.6 Å². The van der Waals surface area contributed by atoms with Crippen LogP contribution < -0.4 is 10.1 Å². The van der Waals surface area contributed by atoms with Gasteiger partial charge in [0.25, 0.3) is 0 Å². The smallest absolute Gasteiger partial charge is 0.123 e. The number of aliphatic hydroxyl groups excluding tert-OH is 1. The zero-order chi connectivity index (χ0) is 15.2. The van der Waals surface area contributed by atoms with Crippen molar-refractivity contribution in [1.29, 1.82) is 0 Å². The highest BCUT2D eigenvalue weighted by molar-refractivity contribution is 6.30. The Labute approximate surface area is 130 Å². The topological polar surface area (TPSA) is 41.5 Å². The van der Waals surface area contributed by atoms with Crippen LogP contribution in [0.15, 0.2) is 48.5 Å². The van der Waals surface area contributed by atoms with Crippen LogP contribution in [0, 0.1) is 0 Å². The second-order valence-electron chi connectivity index (χ2n) is 4.98. The van der Waals surface area contributed by atoms with Crippen LogP contribution in [0.1, 0.15) is 24.2 Å². The Morgan fingerprint density at radius 1 is 1.19 bits per heavy atom. The summed E-state index contributed by atoms with van der Waals surface area (Å²) >= 11 is 6.01. The van der Waals surface area contributed by atoms with Crippen molar-refractivity contribution in [2.75, 3.05) is 7.11 Å². The monoisotopic (exact) mass is 305 g/mol. The second-order valence-corrected chi connectivity index (χ2v) is 5.42. The van der Waals surface area contributed by atoms with E-state index in [1.807, 2.05) is 49.4 Å². The average molecular weight is 306 g/mol. The molecule has 21 heavy (non-hydrogen) atoms. The zero-order valence-electron chi connectivity index (χ0n) is 12.2. The SMILES string of the molecule is COc1ccc(Cl)cc1CN[C@H](C)[C@@H](O)c1ccccc1. The van der Waals surface area contributed by atoms with Gasteiger partial charge in [-0.3, -0.25) is 0 Å². The summed E-state index contributed by atoms with van der Waals surface area (Å²) < 4.78 is 5.32. The molecule has 3 nitrogen and oxygen atoms in total. The van der Waals surface area contributed by atoms with Crippen molar-refractivity contribution in [2.45, 2.75) is 25.6 Å². The Morgan fingerprint density at radius 3 is 2.57 bits per heavy atom. The molecule has 0 aliphatic heterocycles. The van der Waals surface area contributed by atoms with Gasteiger partial charge in [0.2, 0.25) is 0 Å². The molecule has 0 unspecified atom stereocenters. The summed E-state index contributed by atoms with van der Waals surface area (Å²) in [5.41, 5.74) is 1.87. The van der Waals surface area contributed by atoms with Crippen LogP contribution in [-0.2, 0) is 6.54 Å². The molecule has 0 amide bonds. The fourth-order valence-electron chi connectivity index (χ4n) is 2.21. The molecule has 112 valence electrons. The van der Waals surface area contributed by atoms with Crippen LogP contribution in [0.25, 0.3) is 0 Å². The number of nitrogens with one attached hydrogen (secondary N) is 1. The molecule has 0 bridgehead atoms. The van der Waals surface area contributed by atoms with Crippen molar-refractivity contribution in [1.82, 2.24) is 5.32 Å². The summed E-state index contributed by atoms with van der Waals surface area (Å²) in [6, 6.07) is 15.0. The van der Waals surface area contributed by atoms with E-state index in [0.717, 1.165) is 16.9 Å². The maximum atomic E-state index is 10.3. The lowest BCUT2D eigenvalue weighted by atomic mass is 10.0. The molecule has 0 aliphatic rings. The zero-order valence-corrected chi connectivity index (χ0v) is 13.0. The van der Waals surface area contributed by atoms with Gasteiger partial charge >= 0.3 is 0 Å². The van der Waals surface area contributed by atoms with Gasteiger partial charge in [-0.2, -0.15) is 0 Å². The molecule has 0 aromatic heterocycles. The van der Waals surface area contributed by atoms with Gasteiger partial charge in [0.1, 0.15) is 5.75 Å². The number of hydrogen-bond donors (Lipinski definition) is 2. The molecule has 2 atom stereocenters. The van der Waals surface area contributed by atoms with E-state index >= 15 is 0 Å². The van der Waals surface area contributed by atoms with E-state index in [1.165, 1.54) is 0 Å². The summed E-state index contributed by atoms with van der Waals surface area (Å²) in [6.07, 6.45) is -0.559. The van der Waals surface area contributed by atoms with Gasteiger partial charge in [-0.05, 0) is 30.7 Å². The number of hydrogen-bond acceptors (Lipinski definition) is 3. The lowest BCUT2D eigenvalue weighted by Gasteiger charge is -2.21. The number of ether oxygens (including phenoxy) is 1. The highest BCUT2D eigenvalue weighted by atomic mass is 35.5. The Morgan fingerprint density at radius 2 is 1.90 bits per heavy atom. The third-order valence-electron chi connectivity index (χ3n) is 3.47. The van der Waals surface area contributed by atoms with Crippen LogP contribution in [0.5, 0.6) is 5.75 Å². The maximum Gasteiger partial charge on any atom is 0.123 e. The molecule has 0 aliphatic carbocycles. The summed E-state index contributed by atoms with van der Waals surface area (Å²) in [5.74, 6) is 0.785. The average Bonchev–Trinajstić information content (AvgIpc) is 2.52. The molecule has 0 saturated heterocycles. The number of methoxy groups -OCH3 is 1. The molecule has 2 rings (SSSR count). The normalized spacial score (nSPS) is 13.7. The van der Waals surface area contributed by atoms with E-state index < -0.39 is 6.10 Å². The van der Waals surface area contributed by atoms with E-state index in [0.29, 0.717) is 11.6 Å². The fourth-order valence-corrected chi connectivity index (χ4v) is 2.40. The van der Waals surface area contributed by atoms with E-state index in [9.17, 15) is 5.11 Å². The molecule has 0 radical (unpaired) electrons. The first-order valence-electron chi connectivity index (χ1n) is 6.90. The van der Waals surface area contributed by atoms with Crippen molar-refractivity contribution in [3.63, 3.8) is 0 Å². The number of halogens is 1. The molecule has 0 saturated carbocycles. The summed E-state index contributed by atoms with van der Waals surface area (Å²) in [4.78, 5) is 0. The molecular formula is C17H20ClNO2. The minimum absolute atomic E-state index is 0.0870. The quantitative estimate of drug-likeness (QED) is 0.857. The third-order valence-corrected chi connectivity index (χ3v) is 3.71. The van der Waals surface area contributed by atoms with Crippen molar-refractivity contribution in [3.8, 4) is 5.75 Å². The number of rotatable bonds is 6. The Hall–Kier alpha value is -1.55. The Bertz CT molecular complexity index is 574. The molecule has 2 N–H and O–H groups in total. The van der Waals surface area contributed by atoms with Crippen LogP contribution in [0.4, 0.5) is 0 Å². The van der Waals surface area contributed by atoms with Gasteiger partial charge in [0, 0.05) is 23.2 Å². The van der Waals surface area contributed by atoms with Crippen LogP contribution in [-0.4, -0.2) is 18.3 Å². The number of aliphatic hydroxyl groups is 1. The van der Waals surface area contributed by atoms with E-state index in [1.54, 1.807) is 13.2 Å². The highest BCUT2D eigenvalue weighted by Gasteiger charge is 2.16. The van der Waals surface area contributed by atoms with Gasteiger partial charge in [0.05, 0.1) is 13.2 Å². The summed E-state index contributed by atoms with van der Waals surface area (Å²) in [5, 5.41) is 14.3. The first-order valence-corrected chi connectivity index (χ1v) is 7.28. The van der Waals surface area contributed by atoms with Crippen molar-refractivity contribution in [3.05, 3.63) is 64.7 Å². The van der Waals surface area contributed by atoms with E-state index in [2.05, 4.69) is 5.32 Å². The molecule has 0 spiro atoms. The van der Waals surface area contributed by atoms with Crippen LogP contribution in [0.2, 0.25) is 5.02 Å². The maximum absolute atomic E-state index is 10.3. The van der Waals surface area contributed by atoms with Gasteiger partial charge in [-0.25, -0.2) is 0 Å². The van der Waals surface area contributed by atoms with E-state index in [4.69, 9.17) is 16.3 Å². The minimum Gasteiger partial charge on any atom is -0.496 e. The molecule has 2 aromatic carbocycles. The Kier molecular flexibility index (Phi) is 5.62. The number of benzene rings is 2. The molecule has 0 fully saturated rings. The van der Waals surface area contributed by atoms with Gasteiger partial charge < -0.3 is 15.2 Å².